The molecule has 0 saturated carbocycles. The fraction of sp³-hybridized carbons (Fsp3) is 0.632. The summed E-state index contributed by atoms with van der Waals surface area (Å²) in [5.41, 5.74) is 0.611. The molecule has 1 N–H and O–H groups in total. The van der Waals surface area contributed by atoms with Gasteiger partial charge in [-0.15, -0.1) is 10.2 Å². The lowest BCUT2D eigenvalue weighted by Crippen LogP contribution is -2.48. The van der Waals surface area contributed by atoms with Crippen LogP contribution in [-0.2, 0) is 0 Å². The van der Waals surface area contributed by atoms with E-state index in [9.17, 15) is 4.79 Å². The molecule has 0 spiro atoms. The first kappa shape index (κ1) is 19.4. The highest BCUT2D eigenvalue weighted by Gasteiger charge is 2.20. The maximum atomic E-state index is 12.7. The molecule has 2 aromatic rings. The SMILES string of the molecule is CCN1CCN(CCNC(=O)c2cccn2-c2nnc(N3CCCC3)s2)CC1. The van der Waals surface area contributed by atoms with Gasteiger partial charge in [-0.3, -0.25) is 14.3 Å². The molecule has 0 radical (unpaired) electrons. The van der Waals surface area contributed by atoms with E-state index >= 15 is 0 Å². The van der Waals surface area contributed by atoms with Gasteiger partial charge >= 0.3 is 0 Å². The minimum absolute atomic E-state index is 0.0601. The van der Waals surface area contributed by atoms with E-state index in [1.54, 1.807) is 11.3 Å². The number of nitrogens with zero attached hydrogens (tertiary/aromatic N) is 6. The van der Waals surface area contributed by atoms with Crippen molar-refractivity contribution in [2.45, 2.75) is 19.8 Å². The molecule has 4 rings (SSSR count). The van der Waals surface area contributed by atoms with Crippen LogP contribution >= 0.6 is 11.3 Å². The second-order valence-corrected chi connectivity index (χ2v) is 8.29. The molecule has 0 atom stereocenters. The number of anilines is 1. The van der Waals surface area contributed by atoms with Crippen molar-refractivity contribution in [3.8, 4) is 5.13 Å². The molecule has 4 heterocycles. The van der Waals surface area contributed by atoms with Gasteiger partial charge in [0.1, 0.15) is 5.69 Å². The lowest BCUT2D eigenvalue weighted by atomic mass is 10.3. The minimum atomic E-state index is -0.0601. The summed E-state index contributed by atoms with van der Waals surface area (Å²) in [7, 11) is 0. The summed E-state index contributed by atoms with van der Waals surface area (Å²) in [6.07, 6.45) is 4.30. The van der Waals surface area contributed by atoms with Crippen LogP contribution < -0.4 is 10.2 Å². The lowest BCUT2D eigenvalue weighted by molar-refractivity contribution is 0.0931. The van der Waals surface area contributed by atoms with Gasteiger partial charge in [0.25, 0.3) is 5.91 Å². The number of carbonyl (C=O) groups is 1. The highest BCUT2D eigenvalue weighted by Crippen LogP contribution is 2.27. The van der Waals surface area contributed by atoms with E-state index in [0.717, 1.165) is 62.6 Å². The van der Waals surface area contributed by atoms with E-state index in [1.807, 2.05) is 22.9 Å². The summed E-state index contributed by atoms with van der Waals surface area (Å²) in [5, 5.41) is 13.4. The molecule has 1 amide bonds. The summed E-state index contributed by atoms with van der Waals surface area (Å²) < 4.78 is 1.84. The molecule has 0 aliphatic carbocycles. The van der Waals surface area contributed by atoms with E-state index in [0.29, 0.717) is 12.2 Å². The summed E-state index contributed by atoms with van der Waals surface area (Å²) in [5.74, 6) is -0.0601. The third kappa shape index (κ3) is 4.37. The zero-order chi connectivity index (χ0) is 19.3. The van der Waals surface area contributed by atoms with Crippen LogP contribution in [0, 0.1) is 0 Å². The summed E-state index contributed by atoms with van der Waals surface area (Å²) >= 11 is 1.54. The number of hydrogen-bond acceptors (Lipinski definition) is 7. The van der Waals surface area contributed by atoms with Crippen molar-refractivity contribution in [3.63, 3.8) is 0 Å². The molecule has 152 valence electrons. The van der Waals surface area contributed by atoms with Gasteiger partial charge in [-0.25, -0.2) is 0 Å². The molecular weight excluding hydrogens is 374 g/mol. The number of carbonyl (C=O) groups excluding carboxylic acids is 1. The maximum Gasteiger partial charge on any atom is 0.268 e. The Kier molecular flexibility index (Phi) is 6.23. The Morgan fingerprint density at radius 2 is 1.79 bits per heavy atom. The number of hydrogen-bond donors (Lipinski definition) is 1. The Bertz CT molecular complexity index is 775. The Balaban J connectivity index is 1.31. The third-order valence-corrected chi connectivity index (χ3v) is 6.58. The van der Waals surface area contributed by atoms with Crippen molar-refractivity contribution in [1.29, 1.82) is 0 Å². The van der Waals surface area contributed by atoms with Crippen LogP contribution in [0.25, 0.3) is 5.13 Å². The standard InChI is InChI=1S/C19H29N7OS/c1-2-23-12-14-24(15-13-23)11-7-20-17(27)16-6-5-10-26(16)19-22-21-18(28-19)25-8-3-4-9-25/h5-6,10H,2-4,7-9,11-15H2,1H3,(H,20,27). The van der Waals surface area contributed by atoms with Crippen LogP contribution in [0.5, 0.6) is 0 Å². The average molecular weight is 404 g/mol. The van der Waals surface area contributed by atoms with Gasteiger partial charge in [0.15, 0.2) is 0 Å². The van der Waals surface area contributed by atoms with E-state index in [-0.39, 0.29) is 5.91 Å². The van der Waals surface area contributed by atoms with Gasteiger partial charge in [0.2, 0.25) is 10.3 Å². The van der Waals surface area contributed by atoms with Crippen molar-refractivity contribution in [1.82, 2.24) is 29.9 Å². The van der Waals surface area contributed by atoms with Gasteiger partial charge in [0.05, 0.1) is 0 Å². The van der Waals surface area contributed by atoms with Crippen LogP contribution in [-0.4, -0.2) is 89.4 Å². The van der Waals surface area contributed by atoms with Crippen LogP contribution in [0.1, 0.15) is 30.3 Å². The first-order valence-electron chi connectivity index (χ1n) is 10.2. The topological polar surface area (TPSA) is 69.5 Å². The Hall–Kier alpha value is -1.97. The van der Waals surface area contributed by atoms with Crippen LogP contribution in [0.2, 0.25) is 0 Å². The number of nitrogens with one attached hydrogen (secondary N) is 1. The quantitative estimate of drug-likeness (QED) is 0.752. The molecule has 2 aromatic heterocycles. The van der Waals surface area contributed by atoms with Gasteiger partial charge in [0, 0.05) is 58.6 Å². The number of amides is 1. The summed E-state index contributed by atoms with van der Waals surface area (Å²) in [6.45, 7) is 11.3. The lowest BCUT2D eigenvalue weighted by Gasteiger charge is -2.33. The molecule has 2 saturated heterocycles. The largest absolute Gasteiger partial charge is 0.349 e. The molecule has 0 aromatic carbocycles. The molecule has 28 heavy (non-hydrogen) atoms. The Labute approximate surface area is 170 Å². The monoisotopic (exact) mass is 403 g/mol. The van der Waals surface area contributed by atoms with Crippen molar-refractivity contribution in [3.05, 3.63) is 24.0 Å². The van der Waals surface area contributed by atoms with Gasteiger partial charge in [-0.2, -0.15) is 0 Å². The number of piperazine rings is 1. The summed E-state index contributed by atoms with van der Waals surface area (Å²) in [4.78, 5) is 19.8. The Morgan fingerprint density at radius 1 is 1.07 bits per heavy atom. The zero-order valence-corrected chi connectivity index (χ0v) is 17.3. The molecule has 2 fully saturated rings. The fourth-order valence-electron chi connectivity index (χ4n) is 3.82. The highest BCUT2D eigenvalue weighted by atomic mass is 32.1. The maximum absolute atomic E-state index is 12.7. The van der Waals surface area contributed by atoms with Crippen molar-refractivity contribution >= 4 is 22.4 Å². The predicted octanol–water partition coefficient (Wildman–Crippen LogP) is 1.30. The second-order valence-electron chi connectivity index (χ2n) is 7.36. The highest BCUT2D eigenvalue weighted by molar-refractivity contribution is 7.17. The van der Waals surface area contributed by atoms with E-state index in [2.05, 4.69) is 37.1 Å². The van der Waals surface area contributed by atoms with E-state index in [1.165, 1.54) is 12.8 Å². The zero-order valence-electron chi connectivity index (χ0n) is 16.5. The predicted molar refractivity (Wildman–Crippen MR) is 112 cm³/mol. The molecule has 8 nitrogen and oxygen atoms in total. The Morgan fingerprint density at radius 3 is 2.54 bits per heavy atom. The second kappa shape index (κ2) is 9.02. The summed E-state index contributed by atoms with van der Waals surface area (Å²) in [6, 6.07) is 3.72. The minimum Gasteiger partial charge on any atom is -0.349 e. The van der Waals surface area contributed by atoms with Crippen LogP contribution in [0.4, 0.5) is 5.13 Å². The molecule has 2 aliphatic rings. The normalized spacial score (nSPS) is 18.7. The van der Waals surface area contributed by atoms with E-state index in [4.69, 9.17) is 0 Å². The molecule has 2 aliphatic heterocycles. The van der Waals surface area contributed by atoms with Crippen LogP contribution in [0.15, 0.2) is 18.3 Å². The molecule has 9 heteroatoms. The number of likely N-dealkylation sites (N-methyl/N-ethyl adjacent to an activating group) is 1. The van der Waals surface area contributed by atoms with Crippen molar-refractivity contribution < 1.29 is 4.79 Å². The van der Waals surface area contributed by atoms with Gasteiger partial charge in [-0.05, 0) is 31.5 Å². The van der Waals surface area contributed by atoms with E-state index < -0.39 is 0 Å². The molecular formula is C19H29N7OS. The van der Waals surface area contributed by atoms with Crippen LogP contribution in [0.3, 0.4) is 0 Å². The smallest absolute Gasteiger partial charge is 0.268 e. The molecule has 0 unspecified atom stereocenters. The average Bonchev–Trinajstić information content (AvgIpc) is 3.48. The number of rotatable bonds is 7. The fourth-order valence-corrected chi connectivity index (χ4v) is 4.72. The van der Waals surface area contributed by atoms with Crippen molar-refractivity contribution in [2.75, 3.05) is 63.8 Å². The first-order valence-corrected chi connectivity index (χ1v) is 11.1. The third-order valence-electron chi connectivity index (χ3n) is 5.59. The number of aromatic nitrogens is 3. The van der Waals surface area contributed by atoms with Gasteiger partial charge in [-0.1, -0.05) is 18.3 Å². The molecule has 0 bridgehead atoms. The van der Waals surface area contributed by atoms with Gasteiger partial charge < -0.3 is 15.1 Å². The first-order chi connectivity index (χ1) is 13.7. The van der Waals surface area contributed by atoms with Crippen molar-refractivity contribution in [2.24, 2.45) is 0 Å².